The van der Waals surface area contributed by atoms with E-state index in [-0.39, 0.29) is 0 Å². The van der Waals surface area contributed by atoms with Crippen molar-refractivity contribution in [3.63, 3.8) is 0 Å². The molecule has 0 aliphatic rings. The lowest BCUT2D eigenvalue weighted by Gasteiger charge is -1.91. The van der Waals surface area contributed by atoms with Gasteiger partial charge in [-0.3, -0.25) is 0 Å². The topological polar surface area (TPSA) is 49.8 Å². The number of oxazole rings is 1. The number of rotatable bonds is 2. The van der Waals surface area contributed by atoms with E-state index in [0.717, 1.165) is 21.5 Å². The first-order chi connectivity index (χ1) is 8.36. The van der Waals surface area contributed by atoms with E-state index >= 15 is 0 Å². The largest absolute Gasteiger partial charge is 0.435 e. The predicted molar refractivity (Wildman–Crippen MR) is 66.6 cm³/mol. The number of thiophene rings is 1. The number of aromatic nitrogens is 1. The van der Waals surface area contributed by atoms with Crippen molar-refractivity contribution in [1.82, 2.24) is 4.98 Å². The highest BCUT2D eigenvalue weighted by atomic mass is 32.1. The minimum absolute atomic E-state index is 0.394. The average molecular weight is 240 g/mol. The minimum atomic E-state index is 0.394. The normalized spacial score (nSPS) is 10.5. The molecular formula is C13H8N2OS. The molecule has 82 valence electrons. The highest BCUT2D eigenvalue weighted by Gasteiger charge is 2.09. The minimum Gasteiger partial charge on any atom is -0.435 e. The Morgan fingerprint density at radius 2 is 2.29 bits per heavy atom. The van der Waals surface area contributed by atoms with Gasteiger partial charge in [0.05, 0.1) is 17.4 Å². The van der Waals surface area contributed by atoms with Gasteiger partial charge in [0.15, 0.2) is 5.58 Å². The Bertz CT molecular complexity index is 692. The van der Waals surface area contributed by atoms with Gasteiger partial charge in [0.1, 0.15) is 5.52 Å². The zero-order valence-electron chi connectivity index (χ0n) is 8.88. The van der Waals surface area contributed by atoms with Gasteiger partial charge in [-0.2, -0.15) is 5.26 Å². The molecule has 2 heterocycles. The van der Waals surface area contributed by atoms with E-state index in [0.29, 0.717) is 12.3 Å². The molecule has 0 aliphatic heterocycles. The highest BCUT2D eigenvalue weighted by Crippen LogP contribution is 2.28. The van der Waals surface area contributed by atoms with Crippen LogP contribution in [0.4, 0.5) is 0 Å². The zero-order valence-corrected chi connectivity index (χ0v) is 9.70. The maximum absolute atomic E-state index is 8.65. The maximum atomic E-state index is 8.65. The fourth-order valence-electron chi connectivity index (χ4n) is 1.68. The van der Waals surface area contributed by atoms with Crippen LogP contribution >= 0.6 is 11.3 Å². The summed E-state index contributed by atoms with van der Waals surface area (Å²) < 4.78 is 5.69. The summed E-state index contributed by atoms with van der Waals surface area (Å²) in [6.07, 6.45) is 0.394. The number of nitrogens with zero attached hydrogens (tertiary/aromatic N) is 2. The summed E-state index contributed by atoms with van der Waals surface area (Å²) in [5, 5.41) is 10.6. The first-order valence-corrected chi connectivity index (χ1v) is 6.05. The van der Waals surface area contributed by atoms with Crippen molar-refractivity contribution >= 4 is 22.4 Å². The number of fused-ring (bicyclic) bond motifs is 1. The van der Waals surface area contributed by atoms with Crippen molar-refractivity contribution in [3.8, 4) is 16.8 Å². The van der Waals surface area contributed by atoms with Crippen LogP contribution in [0.2, 0.25) is 0 Å². The molecule has 0 aliphatic carbocycles. The molecule has 0 bridgehead atoms. The molecule has 0 N–H and O–H groups in total. The second-order valence-electron chi connectivity index (χ2n) is 3.63. The summed E-state index contributed by atoms with van der Waals surface area (Å²) >= 11 is 1.60. The predicted octanol–water partition coefficient (Wildman–Crippen LogP) is 3.62. The van der Waals surface area contributed by atoms with E-state index in [4.69, 9.17) is 9.68 Å². The van der Waals surface area contributed by atoms with Gasteiger partial charge in [0.2, 0.25) is 5.89 Å². The molecule has 3 nitrogen and oxygen atoms in total. The molecule has 0 fully saturated rings. The SMILES string of the molecule is N#CCc1ccc2nc(-c3cccs3)oc2c1. The van der Waals surface area contributed by atoms with Gasteiger partial charge in [0, 0.05) is 0 Å². The smallest absolute Gasteiger partial charge is 0.237 e. The van der Waals surface area contributed by atoms with Crippen LogP contribution in [0.3, 0.4) is 0 Å². The van der Waals surface area contributed by atoms with Crippen molar-refractivity contribution in [1.29, 1.82) is 5.26 Å². The molecule has 3 rings (SSSR count). The lowest BCUT2D eigenvalue weighted by Crippen LogP contribution is -1.79. The van der Waals surface area contributed by atoms with Crippen LogP contribution in [0.15, 0.2) is 40.1 Å². The van der Waals surface area contributed by atoms with Gasteiger partial charge in [-0.1, -0.05) is 12.1 Å². The fraction of sp³-hybridized carbons (Fsp3) is 0.0769. The van der Waals surface area contributed by atoms with E-state index < -0.39 is 0 Å². The molecule has 1 aromatic carbocycles. The maximum Gasteiger partial charge on any atom is 0.237 e. The molecule has 4 heteroatoms. The second kappa shape index (κ2) is 4.04. The third-order valence-corrected chi connectivity index (χ3v) is 3.33. The first-order valence-electron chi connectivity index (χ1n) is 5.17. The van der Waals surface area contributed by atoms with Gasteiger partial charge < -0.3 is 4.42 Å². The Labute approximate surface area is 102 Å². The van der Waals surface area contributed by atoms with Crippen molar-refractivity contribution in [2.45, 2.75) is 6.42 Å². The molecule has 17 heavy (non-hydrogen) atoms. The van der Waals surface area contributed by atoms with Crippen LogP contribution in [0.5, 0.6) is 0 Å². The van der Waals surface area contributed by atoms with Gasteiger partial charge in [-0.05, 0) is 29.1 Å². The van der Waals surface area contributed by atoms with Gasteiger partial charge in [-0.15, -0.1) is 11.3 Å². The molecule has 2 aromatic heterocycles. The van der Waals surface area contributed by atoms with E-state index in [1.165, 1.54) is 0 Å². The molecule has 0 saturated heterocycles. The summed E-state index contributed by atoms with van der Waals surface area (Å²) in [7, 11) is 0. The Hall–Kier alpha value is -2.12. The Morgan fingerprint density at radius 3 is 3.06 bits per heavy atom. The van der Waals surface area contributed by atoms with Gasteiger partial charge >= 0.3 is 0 Å². The molecule has 0 atom stereocenters. The van der Waals surface area contributed by atoms with E-state index in [1.807, 2.05) is 35.7 Å². The van der Waals surface area contributed by atoms with Crippen LogP contribution in [0, 0.1) is 11.3 Å². The quantitative estimate of drug-likeness (QED) is 0.687. The standard InChI is InChI=1S/C13H8N2OS/c14-6-5-9-3-4-10-11(8-9)16-13(15-10)12-2-1-7-17-12/h1-4,7-8H,5H2. The van der Waals surface area contributed by atoms with E-state index in [1.54, 1.807) is 11.3 Å². The molecular weight excluding hydrogens is 232 g/mol. The van der Waals surface area contributed by atoms with Crippen molar-refractivity contribution in [2.75, 3.05) is 0 Å². The van der Waals surface area contributed by atoms with Gasteiger partial charge in [-0.25, -0.2) is 4.98 Å². The number of hydrogen-bond acceptors (Lipinski definition) is 4. The molecule has 0 saturated carbocycles. The third kappa shape index (κ3) is 1.81. The summed E-state index contributed by atoms with van der Waals surface area (Å²) in [6.45, 7) is 0. The summed E-state index contributed by atoms with van der Waals surface area (Å²) in [6, 6.07) is 11.7. The van der Waals surface area contributed by atoms with Crippen LogP contribution in [0.25, 0.3) is 21.9 Å². The zero-order chi connectivity index (χ0) is 11.7. The lowest BCUT2D eigenvalue weighted by atomic mass is 10.1. The molecule has 0 unspecified atom stereocenters. The van der Waals surface area contributed by atoms with Crippen LogP contribution in [-0.4, -0.2) is 4.98 Å². The summed E-state index contributed by atoms with van der Waals surface area (Å²) in [4.78, 5) is 5.43. The number of nitriles is 1. The fourth-order valence-corrected chi connectivity index (χ4v) is 2.32. The number of benzene rings is 1. The van der Waals surface area contributed by atoms with E-state index in [2.05, 4.69) is 11.1 Å². The second-order valence-corrected chi connectivity index (χ2v) is 4.58. The van der Waals surface area contributed by atoms with Gasteiger partial charge in [0.25, 0.3) is 0 Å². The van der Waals surface area contributed by atoms with Crippen LogP contribution < -0.4 is 0 Å². The lowest BCUT2D eigenvalue weighted by molar-refractivity contribution is 0.621. The summed E-state index contributed by atoms with van der Waals surface area (Å²) in [5.41, 5.74) is 2.52. The summed E-state index contributed by atoms with van der Waals surface area (Å²) in [5.74, 6) is 0.643. The van der Waals surface area contributed by atoms with Crippen LogP contribution in [0.1, 0.15) is 5.56 Å². The highest BCUT2D eigenvalue weighted by molar-refractivity contribution is 7.13. The molecule has 0 radical (unpaired) electrons. The average Bonchev–Trinajstić information content (AvgIpc) is 2.97. The molecule has 3 aromatic rings. The molecule has 0 amide bonds. The van der Waals surface area contributed by atoms with E-state index in [9.17, 15) is 0 Å². The monoisotopic (exact) mass is 240 g/mol. The third-order valence-electron chi connectivity index (χ3n) is 2.47. The van der Waals surface area contributed by atoms with Crippen molar-refractivity contribution < 1.29 is 4.42 Å². The van der Waals surface area contributed by atoms with Crippen molar-refractivity contribution in [3.05, 3.63) is 41.3 Å². The van der Waals surface area contributed by atoms with Crippen LogP contribution in [-0.2, 0) is 6.42 Å². The van der Waals surface area contributed by atoms with Crippen molar-refractivity contribution in [2.24, 2.45) is 0 Å². The Morgan fingerprint density at radius 1 is 1.35 bits per heavy atom. The molecule has 0 spiro atoms. The first kappa shape index (κ1) is 10.1. The Balaban J connectivity index is 2.10. The Kier molecular flexibility index (Phi) is 2.39. The number of hydrogen-bond donors (Lipinski definition) is 0.